The molecule has 21 heavy (non-hydrogen) atoms. The second-order valence-electron chi connectivity index (χ2n) is 4.31. The molecule has 1 aromatic carbocycles. The van der Waals surface area contributed by atoms with Gasteiger partial charge >= 0.3 is 5.97 Å². The zero-order chi connectivity index (χ0) is 15.6. The summed E-state index contributed by atoms with van der Waals surface area (Å²) in [6.07, 6.45) is -1.22. The number of carboxylic acids is 1. The van der Waals surface area contributed by atoms with Crippen molar-refractivity contribution in [3.63, 3.8) is 0 Å². The van der Waals surface area contributed by atoms with Gasteiger partial charge in [0.2, 0.25) is 10.0 Å². The van der Waals surface area contributed by atoms with Crippen LogP contribution in [0.25, 0.3) is 0 Å². The number of hydrogen-bond acceptors (Lipinski definition) is 6. The quantitative estimate of drug-likeness (QED) is 0.615. The number of hydrogen-bond donors (Lipinski definition) is 1. The molecule has 10 heteroatoms. The van der Waals surface area contributed by atoms with Gasteiger partial charge in [0, 0.05) is 18.7 Å². The Labute approximate surface area is 119 Å². The highest BCUT2D eigenvalue weighted by Gasteiger charge is 2.34. The van der Waals surface area contributed by atoms with Crippen LogP contribution in [0.4, 0.5) is 5.69 Å². The van der Waals surface area contributed by atoms with Crippen LogP contribution >= 0.6 is 0 Å². The van der Waals surface area contributed by atoms with E-state index in [9.17, 15) is 23.3 Å². The normalized spacial score (nSPS) is 20.1. The number of ether oxygens (including phenoxy) is 1. The molecule has 1 saturated heterocycles. The fourth-order valence-electron chi connectivity index (χ4n) is 1.88. The van der Waals surface area contributed by atoms with E-state index in [-0.39, 0.29) is 30.3 Å². The number of aliphatic carboxylic acids is 1. The van der Waals surface area contributed by atoms with Crippen molar-refractivity contribution in [3.8, 4) is 0 Å². The van der Waals surface area contributed by atoms with E-state index in [1.54, 1.807) is 0 Å². The van der Waals surface area contributed by atoms with Crippen molar-refractivity contribution < 1.29 is 28.0 Å². The van der Waals surface area contributed by atoms with Gasteiger partial charge < -0.3 is 9.84 Å². The van der Waals surface area contributed by atoms with Crippen molar-refractivity contribution in [3.05, 3.63) is 34.4 Å². The lowest BCUT2D eigenvalue weighted by molar-refractivity contribution is -0.384. The zero-order valence-corrected chi connectivity index (χ0v) is 11.5. The largest absolute Gasteiger partial charge is 0.479 e. The minimum Gasteiger partial charge on any atom is -0.479 e. The highest BCUT2D eigenvalue weighted by molar-refractivity contribution is 7.89. The Balaban J connectivity index is 2.24. The summed E-state index contributed by atoms with van der Waals surface area (Å²) in [6.45, 7) is -0.291. The number of benzene rings is 1. The fraction of sp³-hybridized carbons (Fsp3) is 0.364. The molecule has 0 aromatic heterocycles. The smallest absolute Gasteiger partial charge is 0.334 e. The van der Waals surface area contributed by atoms with Crippen LogP contribution in [0.15, 0.2) is 29.2 Å². The molecule has 1 heterocycles. The van der Waals surface area contributed by atoms with Crippen LogP contribution in [0, 0.1) is 10.1 Å². The number of carbonyl (C=O) groups is 1. The Morgan fingerprint density at radius 3 is 2.52 bits per heavy atom. The van der Waals surface area contributed by atoms with Crippen LogP contribution < -0.4 is 0 Å². The summed E-state index contributed by atoms with van der Waals surface area (Å²) in [5.41, 5.74) is -0.223. The summed E-state index contributed by atoms with van der Waals surface area (Å²) in [5, 5.41) is 19.4. The SMILES string of the molecule is O=C(O)C1CN(S(=O)(=O)c2ccc([N+](=O)[O-])cc2)CCO1. The number of sulfonamides is 1. The van der Waals surface area contributed by atoms with Gasteiger partial charge in [0.1, 0.15) is 0 Å². The zero-order valence-electron chi connectivity index (χ0n) is 10.7. The minimum atomic E-state index is -3.90. The number of rotatable bonds is 4. The van der Waals surface area contributed by atoms with Gasteiger partial charge in [0.15, 0.2) is 6.10 Å². The van der Waals surface area contributed by atoms with E-state index in [0.29, 0.717) is 0 Å². The molecule has 1 aromatic rings. The van der Waals surface area contributed by atoms with Crippen LogP contribution in [-0.2, 0) is 19.6 Å². The maximum absolute atomic E-state index is 12.3. The van der Waals surface area contributed by atoms with Crippen LogP contribution in [0.1, 0.15) is 0 Å². The Morgan fingerprint density at radius 1 is 1.38 bits per heavy atom. The maximum Gasteiger partial charge on any atom is 0.334 e. The van der Waals surface area contributed by atoms with Gasteiger partial charge in [0.05, 0.1) is 23.0 Å². The fourth-order valence-corrected chi connectivity index (χ4v) is 3.31. The highest BCUT2D eigenvalue weighted by Crippen LogP contribution is 2.21. The average molecular weight is 316 g/mol. The van der Waals surface area contributed by atoms with Crippen molar-refractivity contribution >= 4 is 21.7 Å². The standard InChI is InChI=1S/C11H12N2O7S/c14-11(15)10-7-12(5-6-20-10)21(18,19)9-3-1-8(2-4-9)13(16)17/h1-4,10H,5-7H2,(H,14,15). The first-order chi connectivity index (χ1) is 9.82. The predicted molar refractivity (Wildman–Crippen MR) is 69.2 cm³/mol. The van der Waals surface area contributed by atoms with Crippen molar-refractivity contribution in [2.75, 3.05) is 19.7 Å². The van der Waals surface area contributed by atoms with Gasteiger partial charge in [-0.15, -0.1) is 0 Å². The van der Waals surface area contributed by atoms with Gasteiger partial charge in [-0.1, -0.05) is 0 Å². The molecule has 0 bridgehead atoms. The number of nitro benzene ring substituents is 1. The summed E-state index contributed by atoms with van der Waals surface area (Å²) in [7, 11) is -3.90. The summed E-state index contributed by atoms with van der Waals surface area (Å²) in [6, 6.07) is 4.42. The number of nitro groups is 1. The molecule has 1 aliphatic heterocycles. The topological polar surface area (TPSA) is 127 Å². The molecule has 9 nitrogen and oxygen atoms in total. The van der Waals surface area contributed by atoms with E-state index in [0.717, 1.165) is 28.6 Å². The summed E-state index contributed by atoms with van der Waals surface area (Å²) >= 11 is 0. The molecule has 0 aliphatic carbocycles. The molecule has 0 spiro atoms. The van der Waals surface area contributed by atoms with Crippen LogP contribution in [0.2, 0.25) is 0 Å². The van der Waals surface area contributed by atoms with Crippen LogP contribution in [-0.4, -0.2) is 54.5 Å². The number of carboxylic acid groups (broad SMARTS) is 1. The van der Waals surface area contributed by atoms with E-state index < -0.39 is 27.0 Å². The molecule has 0 saturated carbocycles. The molecule has 1 atom stereocenters. The van der Waals surface area contributed by atoms with E-state index >= 15 is 0 Å². The third kappa shape index (κ3) is 3.17. The van der Waals surface area contributed by atoms with Crippen molar-refractivity contribution in [1.82, 2.24) is 4.31 Å². The third-order valence-corrected chi connectivity index (χ3v) is 4.87. The molecular formula is C11H12N2O7S. The summed E-state index contributed by atoms with van der Waals surface area (Å²) in [4.78, 5) is 20.6. The molecule has 2 rings (SSSR count). The number of morpholine rings is 1. The lowest BCUT2D eigenvalue weighted by atomic mass is 10.3. The van der Waals surface area contributed by atoms with E-state index in [2.05, 4.69) is 0 Å². The molecule has 1 unspecified atom stereocenters. The van der Waals surface area contributed by atoms with E-state index in [1.807, 2.05) is 0 Å². The first-order valence-corrected chi connectivity index (χ1v) is 7.35. The molecule has 1 fully saturated rings. The minimum absolute atomic E-state index is 0.0246. The molecule has 0 radical (unpaired) electrons. The second kappa shape index (κ2) is 5.76. The van der Waals surface area contributed by atoms with Gasteiger partial charge in [-0.3, -0.25) is 10.1 Å². The van der Waals surface area contributed by atoms with Gasteiger partial charge in [0.25, 0.3) is 5.69 Å². The second-order valence-corrected chi connectivity index (χ2v) is 6.25. The van der Waals surface area contributed by atoms with Gasteiger partial charge in [-0.2, -0.15) is 4.31 Å². The van der Waals surface area contributed by atoms with Gasteiger partial charge in [-0.25, -0.2) is 13.2 Å². The van der Waals surface area contributed by atoms with Crippen molar-refractivity contribution in [2.24, 2.45) is 0 Å². The third-order valence-electron chi connectivity index (χ3n) is 2.99. The Morgan fingerprint density at radius 2 is 2.00 bits per heavy atom. The number of nitrogens with zero attached hydrogens (tertiary/aromatic N) is 2. The van der Waals surface area contributed by atoms with E-state index in [1.165, 1.54) is 0 Å². The van der Waals surface area contributed by atoms with Crippen molar-refractivity contribution in [2.45, 2.75) is 11.0 Å². The van der Waals surface area contributed by atoms with Crippen LogP contribution in [0.3, 0.4) is 0 Å². The van der Waals surface area contributed by atoms with E-state index in [4.69, 9.17) is 9.84 Å². The summed E-state index contributed by atoms with van der Waals surface area (Å²) < 4.78 is 30.6. The molecular weight excluding hydrogens is 304 g/mol. The van der Waals surface area contributed by atoms with Crippen molar-refractivity contribution in [1.29, 1.82) is 0 Å². The maximum atomic E-state index is 12.3. The van der Waals surface area contributed by atoms with Crippen LogP contribution in [0.5, 0.6) is 0 Å². The molecule has 0 amide bonds. The average Bonchev–Trinajstić information content (AvgIpc) is 2.47. The lowest BCUT2D eigenvalue weighted by Gasteiger charge is -2.29. The Hall–Kier alpha value is -2.04. The first-order valence-electron chi connectivity index (χ1n) is 5.91. The Kier molecular flexibility index (Phi) is 4.21. The monoisotopic (exact) mass is 316 g/mol. The van der Waals surface area contributed by atoms with Gasteiger partial charge in [-0.05, 0) is 12.1 Å². The molecule has 1 N–H and O–H groups in total. The lowest BCUT2D eigenvalue weighted by Crippen LogP contribution is -2.48. The Bertz CT molecular complexity index is 656. The summed E-state index contributed by atoms with van der Waals surface area (Å²) in [5.74, 6) is -1.24. The molecule has 114 valence electrons. The first kappa shape index (κ1) is 15.4. The number of non-ortho nitro benzene ring substituents is 1. The molecule has 1 aliphatic rings. The predicted octanol–water partition coefficient (Wildman–Crippen LogP) is 0.0689. The highest BCUT2D eigenvalue weighted by atomic mass is 32.2.